The average Bonchev–Trinajstić information content (AvgIpc) is 2.34. The molecule has 6 nitrogen and oxygen atoms in total. The molecule has 0 unspecified atom stereocenters. The van der Waals surface area contributed by atoms with E-state index in [4.69, 9.17) is 17.3 Å². The van der Waals surface area contributed by atoms with Gasteiger partial charge in [-0.1, -0.05) is 17.7 Å². The van der Waals surface area contributed by atoms with Crippen molar-refractivity contribution in [3.8, 4) is 0 Å². The van der Waals surface area contributed by atoms with Crippen LogP contribution >= 0.6 is 11.6 Å². The molecule has 19 heavy (non-hydrogen) atoms. The summed E-state index contributed by atoms with van der Waals surface area (Å²) in [4.78, 5) is 7.23. The van der Waals surface area contributed by atoms with Crippen molar-refractivity contribution in [2.24, 2.45) is 0 Å². The number of nitrogens with one attached hydrogen (secondary N) is 1. The average molecular weight is 299 g/mol. The van der Waals surface area contributed by atoms with E-state index in [9.17, 15) is 8.42 Å². The van der Waals surface area contributed by atoms with Gasteiger partial charge in [0.15, 0.2) is 0 Å². The summed E-state index contributed by atoms with van der Waals surface area (Å²) in [5.74, 6) is 0.0119. The molecule has 2 rings (SSSR count). The molecule has 1 aromatic heterocycles. The Balaban J connectivity index is 2.36. The summed E-state index contributed by atoms with van der Waals surface area (Å²) in [6.45, 7) is 1.77. The first-order chi connectivity index (χ1) is 8.88. The van der Waals surface area contributed by atoms with Gasteiger partial charge in [-0.2, -0.15) is 0 Å². The Morgan fingerprint density at radius 3 is 2.53 bits per heavy atom. The minimum Gasteiger partial charge on any atom is -0.368 e. The van der Waals surface area contributed by atoms with Gasteiger partial charge in [-0.15, -0.1) is 0 Å². The molecular weight excluding hydrogens is 288 g/mol. The Labute approximate surface area is 115 Å². The number of halogens is 1. The van der Waals surface area contributed by atoms with E-state index in [0.29, 0.717) is 10.7 Å². The van der Waals surface area contributed by atoms with Crippen LogP contribution in [0.15, 0.2) is 35.5 Å². The van der Waals surface area contributed by atoms with Crippen molar-refractivity contribution in [3.63, 3.8) is 0 Å². The van der Waals surface area contributed by atoms with E-state index in [1.54, 1.807) is 19.1 Å². The van der Waals surface area contributed by atoms with Gasteiger partial charge in [0, 0.05) is 5.02 Å². The zero-order valence-electron chi connectivity index (χ0n) is 9.96. The molecule has 0 saturated heterocycles. The normalized spacial score (nSPS) is 11.3. The number of hydrogen-bond acceptors (Lipinski definition) is 5. The lowest BCUT2D eigenvalue weighted by atomic mass is 10.2. The fraction of sp³-hybridized carbons (Fsp3) is 0.0909. The van der Waals surface area contributed by atoms with Gasteiger partial charge in [0.05, 0.1) is 18.1 Å². The standard InChI is InChI=1S/C11H11ClN4O2S/c1-7-2-3-8(12)4-10(7)16-19(17,18)9-5-14-11(13)15-6-9/h2-6,16H,1H3,(H2,13,14,15). The number of nitrogen functional groups attached to an aromatic ring is 1. The van der Waals surface area contributed by atoms with E-state index in [1.807, 2.05) is 0 Å². The molecule has 3 N–H and O–H groups in total. The third kappa shape index (κ3) is 3.12. The Morgan fingerprint density at radius 2 is 1.89 bits per heavy atom. The van der Waals surface area contributed by atoms with Crippen LogP contribution in [0.25, 0.3) is 0 Å². The van der Waals surface area contributed by atoms with Crippen LogP contribution in [0.3, 0.4) is 0 Å². The Morgan fingerprint density at radius 1 is 1.26 bits per heavy atom. The summed E-state index contributed by atoms with van der Waals surface area (Å²) in [6.07, 6.45) is 2.29. The van der Waals surface area contributed by atoms with Crippen molar-refractivity contribution in [1.82, 2.24) is 9.97 Å². The molecule has 8 heteroatoms. The van der Waals surface area contributed by atoms with E-state index < -0.39 is 10.0 Å². The Kier molecular flexibility index (Phi) is 3.59. The molecule has 0 saturated carbocycles. The quantitative estimate of drug-likeness (QED) is 0.900. The van der Waals surface area contributed by atoms with Crippen molar-refractivity contribution in [3.05, 3.63) is 41.2 Å². The molecule has 0 atom stereocenters. The fourth-order valence-corrected chi connectivity index (χ4v) is 2.56. The number of rotatable bonds is 3. The van der Waals surface area contributed by atoms with Crippen LogP contribution in [0.5, 0.6) is 0 Å². The monoisotopic (exact) mass is 298 g/mol. The van der Waals surface area contributed by atoms with Crippen LogP contribution in [-0.4, -0.2) is 18.4 Å². The molecular formula is C11H11ClN4O2S. The summed E-state index contributed by atoms with van der Waals surface area (Å²) in [5, 5.41) is 0.442. The highest BCUT2D eigenvalue weighted by molar-refractivity contribution is 7.92. The molecule has 0 aliphatic carbocycles. The second-order valence-electron chi connectivity index (χ2n) is 3.84. The molecule has 0 aliphatic heterocycles. The van der Waals surface area contributed by atoms with Gasteiger partial charge in [0.2, 0.25) is 5.95 Å². The van der Waals surface area contributed by atoms with E-state index in [2.05, 4.69) is 14.7 Å². The van der Waals surface area contributed by atoms with Crippen molar-refractivity contribution in [1.29, 1.82) is 0 Å². The number of hydrogen-bond donors (Lipinski definition) is 2. The predicted octanol–water partition coefficient (Wildman–Crippen LogP) is 1.82. The minimum absolute atomic E-state index is 0.0119. The van der Waals surface area contributed by atoms with Crippen molar-refractivity contribution >= 4 is 33.3 Å². The predicted molar refractivity (Wildman–Crippen MR) is 73.4 cm³/mol. The smallest absolute Gasteiger partial charge is 0.264 e. The number of anilines is 2. The van der Waals surface area contributed by atoms with E-state index in [0.717, 1.165) is 18.0 Å². The largest absolute Gasteiger partial charge is 0.368 e. The first-order valence-electron chi connectivity index (χ1n) is 5.25. The zero-order valence-corrected chi connectivity index (χ0v) is 11.5. The third-order valence-corrected chi connectivity index (χ3v) is 3.96. The highest BCUT2D eigenvalue weighted by Crippen LogP contribution is 2.23. The first kappa shape index (κ1) is 13.6. The van der Waals surface area contributed by atoms with Crippen molar-refractivity contribution in [2.45, 2.75) is 11.8 Å². The molecule has 0 aliphatic rings. The van der Waals surface area contributed by atoms with Crippen LogP contribution in [0.4, 0.5) is 11.6 Å². The second-order valence-corrected chi connectivity index (χ2v) is 5.96. The molecule has 100 valence electrons. The van der Waals surface area contributed by atoms with Crippen LogP contribution in [0, 0.1) is 6.92 Å². The number of nitrogens with zero attached hydrogens (tertiary/aromatic N) is 2. The first-order valence-corrected chi connectivity index (χ1v) is 7.11. The van der Waals surface area contributed by atoms with Crippen molar-refractivity contribution in [2.75, 3.05) is 10.5 Å². The molecule has 1 heterocycles. The molecule has 0 radical (unpaired) electrons. The van der Waals surface area contributed by atoms with Crippen LogP contribution in [0.2, 0.25) is 5.02 Å². The highest BCUT2D eigenvalue weighted by Gasteiger charge is 2.16. The van der Waals surface area contributed by atoms with E-state index in [-0.39, 0.29) is 10.8 Å². The minimum atomic E-state index is -3.76. The summed E-state index contributed by atoms with van der Waals surface area (Å²) < 4.78 is 26.6. The highest BCUT2D eigenvalue weighted by atomic mass is 35.5. The van der Waals surface area contributed by atoms with Crippen LogP contribution < -0.4 is 10.5 Å². The molecule has 2 aromatic rings. The zero-order chi connectivity index (χ0) is 14.0. The summed E-state index contributed by atoms with van der Waals surface area (Å²) in [6, 6.07) is 4.94. The lowest BCUT2D eigenvalue weighted by molar-refractivity contribution is 0.600. The number of aromatic nitrogens is 2. The molecule has 0 spiro atoms. The molecule has 0 fully saturated rings. The second kappa shape index (κ2) is 5.02. The Bertz CT molecular complexity index is 701. The Hall–Kier alpha value is -1.86. The summed E-state index contributed by atoms with van der Waals surface area (Å²) >= 11 is 5.84. The van der Waals surface area contributed by atoms with Gasteiger partial charge in [-0.3, -0.25) is 4.72 Å². The summed E-state index contributed by atoms with van der Waals surface area (Å²) in [5.41, 5.74) is 6.47. The topological polar surface area (TPSA) is 98.0 Å². The lowest BCUT2D eigenvalue weighted by Gasteiger charge is -2.10. The van der Waals surface area contributed by atoms with Crippen molar-refractivity contribution < 1.29 is 8.42 Å². The third-order valence-electron chi connectivity index (χ3n) is 2.40. The van der Waals surface area contributed by atoms with Crippen LogP contribution in [0.1, 0.15) is 5.56 Å². The SMILES string of the molecule is Cc1ccc(Cl)cc1NS(=O)(=O)c1cnc(N)nc1. The van der Waals surface area contributed by atoms with Gasteiger partial charge in [0.1, 0.15) is 4.90 Å². The van der Waals surface area contributed by atoms with E-state index in [1.165, 1.54) is 6.07 Å². The maximum absolute atomic E-state index is 12.1. The van der Waals surface area contributed by atoms with Crippen LogP contribution in [-0.2, 0) is 10.0 Å². The fourth-order valence-electron chi connectivity index (χ4n) is 1.37. The number of aryl methyl sites for hydroxylation is 1. The summed E-state index contributed by atoms with van der Waals surface area (Å²) in [7, 11) is -3.76. The number of sulfonamides is 1. The van der Waals surface area contributed by atoms with Gasteiger partial charge >= 0.3 is 0 Å². The van der Waals surface area contributed by atoms with Gasteiger partial charge in [-0.25, -0.2) is 18.4 Å². The molecule has 1 aromatic carbocycles. The maximum Gasteiger partial charge on any atom is 0.264 e. The van der Waals surface area contributed by atoms with E-state index >= 15 is 0 Å². The van der Waals surface area contributed by atoms with Gasteiger partial charge in [-0.05, 0) is 24.6 Å². The molecule has 0 bridgehead atoms. The number of nitrogens with two attached hydrogens (primary N) is 1. The number of benzene rings is 1. The van der Waals surface area contributed by atoms with Gasteiger partial charge in [0.25, 0.3) is 10.0 Å². The van der Waals surface area contributed by atoms with Gasteiger partial charge < -0.3 is 5.73 Å². The lowest BCUT2D eigenvalue weighted by Crippen LogP contribution is -2.14. The molecule has 0 amide bonds. The maximum atomic E-state index is 12.1.